The molecule has 0 spiro atoms. The molecule has 2 fully saturated rings. The van der Waals surface area contributed by atoms with E-state index in [9.17, 15) is 4.79 Å². The van der Waals surface area contributed by atoms with E-state index in [1.807, 2.05) is 48.5 Å². The van der Waals surface area contributed by atoms with Crippen molar-refractivity contribution < 1.29 is 4.79 Å². The molecule has 1 saturated carbocycles. The van der Waals surface area contributed by atoms with Gasteiger partial charge in [-0.3, -0.25) is 9.69 Å². The van der Waals surface area contributed by atoms with Crippen LogP contribution in [0, 0.1) is 5.92 Å². The number of allylic oxidation sites excluding steroid dienone is 1. The maximum absolute atomic E-state index is 13.7. The molecular formula is C28H31Cl2N3O. The summed E-state index contributed by atoms with van der Waals surface area (Å²) >= 11 is 12.3. The van der Waals surface area contributed by atoms with Crippen molar-refractivity contribution in [3.05, 3.63) is 75.3 Å². The molecule has 5 rings (SSSR count). The van der Waals surface area contributed by atoms with E-state index in [0.29, 0.717) is 17.6 Å². The van der Waals surface area contributed by atoms with Crippen molar-refractivity contribution in [3.8, 4) is 0 Å². The number of likely N-dealkylation sites (tertiary alicyclic amines) is 1. The SMILES string of the molecule is C[C@H]1CCCCN1CC(=O)N1N=C2/C(=C\c3ccc(Cl)cc3)CCC[C@H]2[C@H]1c1ccc(Cl)cc1. The first-order valence-electron chi connectivity index (χ1n) is 12.4. The van der Waals surface area contributed by atoms with Crippen LogP contribution in [0.4, 0.5) is 0 Å². The van der Waals surface area contributed by atoms with Gasteiger partial charge in [0, 0.05) is 22.0 Å². The number of carbonyl (C=O) groups is 1. The molecule has 1 amide bonds. The van der Waals surface area contributed by atoms with Gasteiger partial charge in [0.05, 0.1) is 18.3 Å². The van der Waals surface area contributed by atoms with Crippen LogP contribution in [0.2, 0.25) is 10.0 Å². The van der Waals surface area contributed by atoms with Crippen LogP contribution in [0.15, 0.2) is 59.2 Å². The molecule has 2 aromatic carbocycles. The van der Waals surface area contributed by atoms with E-state index in [-0.39, 0.29) is 17.9 Å². The molecule has 178 valence electrons. The Morgan fingerprint density at radius 1 is 1.00 bits per heavy atom. The van der Waals surface area contributed by atoms with Gasteiger partial charge < -0.3 is 0 Å². The standard InChI is InChI=1S/C28H31Cl2N3O/c1-19-5-2-3-16-32(19)18-26(34)33-28(21-10-14-24(30)15-11-21)25-7-4-6-22(27(25)31-33)17-20-8-12-23(29)13-9-20/h8-15,17,19,25,28H,2-7,16,18H2,1H3/b22-17-/t19-,25+,28+/m0/s1. The van der Waals surface area contributed by atoms with Crippen LogP contribution in [-0.4, -0.2) is 40.7 Å². The Labute approximate surface area is 212 Å². The van der Waals surface area contributed by atoms with Gasteiger partial charge in [-0.2, -0.15) is 5.10 Å². The molecule has 6 heteroatoms. The Morgan fingerprint density at radius 3 is 2.41 bits per heavy atom. The van der Waals surface area contributed by atoms with E-state index in [2.05, 4.69) is 17.9 Å². The van der Waals surface area contributed by atoms with Gasteiger partial charge in [0.15, 0.2) is 0 Å². The van der Waals surface area contributed by atoms with E-state index < -0.39 is 0 Å². The van der Waals surface area contributed by atoms with Crippen molar-refractivity contribution >= 4 is 40.9 Å². The molecule has 0 unspecified atom stereocenters. The lowest BCUT2D eigenvalue weighted by Crippen LogP contribution is -2.45. The zero-order chi connectivity index (χ0) is 23.7. The Hall–Kier alpha value is -2.14. The van der Waals surface area contributed by atoms with Crippen LogP contribution in [0.3, 0.4) is 0 Å². The summed E-state index contributed by atoms with van der Waals surface area (Å²) in [6, 6.07) is 16.2. The van der Waals surface area contributed by atoms with Gasteiger partial charge in [0.2, 0.25) is 0 Å². The number of hydrogen-bond donors (Lipinski definition) is 0. The Morgan fingerprint density at radius 2 is 1.71 bits per heavy atom. The minimum atomic E-state index is -0.0891. The lowest BCUT2D eigenvalue weighted by atomic mass is 9.77. The van der Waals surface area contributed by atoms with E-state index in [4.69, 9.17) is 28.3 Å². The molecule has 3 aliphatic rings. The third-order valence-corrected chi connectivity index (χ3v) is 7.96. The molecule has 2 heterocycles. The third-order valence-electron chi connectivity index (χ3n) is 7.46. The predicted octanol–water partition coefficient (Wildman–Crippen LogP) is 6.99. The molecule has 2 aromatic rings. The largest absolute Gasteiger partial charge is 0.292 e. The smallest absolute Gasteiger partial charge is 0.257 e. The van der Waals surface area contributed by atoms with Gasteiger partial charge >= 0.3 is 0 Å². The summed E-state index contributed by atoms with van der Waals surface area (Å²) in [4.78, 5) is 16.0. The Balaban J connectivity index is 1.48. The highest BCUT2D eigenvalue weighted by atomic mass is 35.5. The first-order valence-corrected chi connectivity index (χ1v) is 13.1. The number of amides is 1. The van der Waals surface area contributed by atoms with Crippen LogP contribution < -0.4 is 0 Å². The van der Waals surface area contributed by atoms with Gasteiger partial charge in [-0.05, 0) is 92.6 Å². The number of carbonyl (C=O) groups excluding carboxylic acids is 1. The monoisotopic (exact) mass is 495 g/mol. The van der Waals surface area contributed by atoms with E-state index in [1.165, 1.54) is 12.0 Å². The topological polar surface area (TPSA) is 35.9 Å². The van der Waals surface area contributed by atoms with Crippen molar-refractivity contribution in [1.82, 2.24) is 9.91 Å². The Kier molecular flexibility index (Phi) is 7.10. The molecule has 34 heavy (non-hydrogen) atoms. The summed E-state index contributed by atoms with van der Waals surface area (Å²) in [5.41, 5.74) is 4.49. The molecule has 0 radical (unpaired) electrons. The average molecular weight is 496 g/mol. The van der Waals surface area contributed by atoms with Crippen molar-refractivity contribution in [2.45, 2.75) is 57.5 Å². The summed E-state index contributed by atoms with van der Waals surface area (Å²) in [6.07, 6.45) is 8.83. The number of benzene rings is 2. The quantitative estimate of drug-likeness (QED) is 0.457. The molecule has 1 aliphatic carbocycles. The summed E-state index contributed by atoms with van der Waals surface area (Å²) in [7, 11) is 0. The highest BCUT2D eigenvalue weighted by molar-refractivity contribution is 6.30. The van der Waals surface area contributed by atoms with Crippen LogP contribution in [0.1, 0.15) is 62.6 Å². The van der Waals surface area contributed by atoms with Gasteiger partial charge in [-0.1, -0.05) is 53.9 Å². The van der Waals surface area contributed by atoms with E-state index in [1.54, 1.807) is 5.01 Å². The van der Waals surface area contributed by atoms with Gasteiger partial charge in [-0.25, -0.2) is 5.01 Å². The number of piperidine rings is 1. The zero-order valence-corrected chi connectivity index (χ0v) is 21.1. The van der Waals surface area contributed by atoms with Crippen LogP contribution in [-0.2, 0) is 4.79 Å². The fourth-order valence-electron chi connectivity index (χ4n) is 5.60. The van der Waals surface area contributed by atoms with Crippen molar-refractivity contribution in [2.75, 3.05) is 13.1 Å². The number of hydrazone groups is 1. The van der Waals surface area contributed by atoms with Gasteiger partial charge in [0.25, 0.3) is 5.91 Å². The minimum absolute atomic E-state index is 0.0847. The summed E-state index contributed by atoms with van der Waals surface area (Å²) in [5.74, 6) is 0.276. The first-order chi connectivity index (χ1) is 16.5. The molecular weight excluding hydrogens is 465 g/mol. The fraction of sp³-hybridized carbons (Fsp3) is 0.429. The molecule has 0 N–H and O–H groups in total. The van der Waals surface area contributed by atoms with Crippen molar-refractivity contribution in [2.24, 2.45) is 11.0 Å². The maximum Gasteiger partial charge on any atom is 0.257 e. The van der Waals surface area contributed by atoms with E-state index in [0.717, 1.165) is 60.5 Å². The number of fused-ring (bicyclic) bond motifs is 1. The second-order valence-electron chi connectivity index (χ2n) is 9.76. The fourth-order valence-corrected chi connectivity index (χ4v) is 5.85. The molecule has 1 saturated heterocycles. The summed E-state index contributed by atoms with van der Waals surface area (Å²) in [5, 5.41) is 8.24. The van der Waals surface area contributed by atoms with Crippen molar-refractivity contribution in [3.63, 3.8) is 0 Å². The number of rotatable bonds is 4. The third kappa shape index (κ3) is 4.95. The molecule has 3 atom stereocenters. The first kappa shape index (κ1) is 23.6. The zero-order valence-electron chi connectivity index (χ0n) is 19.6. The number of nitrogens with zero attached hydrogens (tertiary/aromatic N) is 3. The summed E-state index contributed by atoms with van der Waals surface area (Å²) in [6.45, 7) is 3.63. The molecule has 0 bridgehead atoms. The lowest BCUT2D eigenvalue weighted by molar-refractivity contribution is -0.135. The van der Waals surface area contributed by atoms with Gasteiger partial charge in [0.1, 0.15) is 0 Å². The Bertz CT molecular complexity index is 1090. The second kappa shape index (κ2) is 10.2. The summed E-state index contributed by atoms with van der Waals surface area (Å²) < 4.78 is 0. The molecule has 0 aromatic heterocycles. The molecule has 4 nitrogen and oxygen atoms in total. The number of halogens is 2. The highest BCUT2D eigenvalue weighted by Crippen LogP contribution is 2.44. The second-order valence-corrected chi connectivity index (χ2v) is 10.6. The highest BCUT2D eigenvalue weighted by Gasteiger charge is 2.44. The molecule has 2 aliphatic heterocycles. The van der Waals surface area contributed by atoms with Crippen LogP contribution in [0.5, 0.6) is 0 Å². The van der Waals surface area contributed by atoms with Crippen LogP contribution >= 0.6 is 23.2 Å². The van der Waals surface area contributed by atoms with Crippen molar-refractivity contribution in [1.29, 1.82) is 0 Å². The minimum Gasteiger partial charge on any atom is -0.292 e. The van der Waals surface area contributed by atoms with E-state index >= 15 is 0 Å². The normalized spacial score (nSPS) is 26.4. The van der Waals surface area contributed by atoms with Gasteiger partial charge in [-0.15, -0.1) is 0 Å². The van der Waals surface area contributed by atoms with Crippen LogP contribution in [0.25, 0.3) is 6.08 Å². The lowest BCUT2D eigenvalue weighted by Gasteiger charge is -2.35. The number of hydrogen-bond acceptors (Lipinski definition) is 3. The predicted molar refractivity (Wildman–Crippen MR) is 140 cm³/mol. The maximum atomic E-state index is 13.7. The average Bonchev–Trinajstić information content (AvgIpc) is 3.23.